The molecule has 6 heteroatoms. The van der Waals surface area contributed by atoms with E-state index in [1.165, 1.54) is 0 Å². The maximum absolute atomic E-state index is 11.6. The SMILES string of the molecule is CC(=O)N1CC=C(c2cncc(-c3ccnc(-c4nc(C)c(C)[nH]4)c3)c2)C1. The zero-order chi connectivity index (χ0) is 19.0. The van der Waals surface area contributed by atoms with E-state index in [1.54, 1.807) is 13.1 Å². The van der Waals surface area contributed by atoms with Crippen LogP contribution in [-0.4, -0.2) is 43.8 Å². The molecule has 1 aliphatic heterocycles. The van der Waals surface area contributed by atoms with Gasteiger partial charge in [-0.05, 0) is 48.7 Å². The van der Waals surface area contributed by atoms with Gasteiger partial charge >= 0.3 is 0 Å². The van der Waals surface area contributed by atoms with Crippen molar-refractivity contribution < 1.29 is 4.79 Å². The van der Waals surface area contributed by atoms with E-state index in [0.717, 1.165) is 45.2 Å². The lowest BCUT2D eigenvalue weighted by Crippen LogP contribution is -2.25. The molecule has 0 unspecified atom stereocenters. The number of H-pyrrole nitrogens is 1. The molecule has 0 saturated carbocycles. The molecule has 0 spiro atoms. The normalized spacial score (nSPS) is 13.7. The van der Waals surface area contributed by atoms with Crippen LogP contribution in [0.2, 0.25) is 0 Å². The van der Waals surface area contributed by atoms with Crippen molar-refractivity contribution in [2.45, 2.75) is 20.8 Å². The van der Waals surface area contributed by atoms with Gasteiger partial charge in [-0.25, -0.2) is 4.98 Å². The molecule has 1 N–H and O–H groups in total. The Balaban J connectivity index is 1.65. The lowest BCUT2D eigenvalue weighted by molar-refractivity contribution is -0.127. The van der Waals surface area contributed by atoms with Crippen molar-refractivity contribution in [2.75, 3.05) is 13.1 Å². The number of aromatic nitrogens is 4. The summed E-state index contributed by atoms with van der Waals surface area (Å²) in [5.74, 6) is 0.861. The van der Waals surface area contributed by atoms with Gasteiger partial charge in [0.15, 0.2) is 5.82 Å². The number of amides is 1. The number of hydrogen-bond donors (Lipinski definition) is 1. The second-order valence-corrected chi connectivity index (χ2v) is 6.82. The fourth-order valence-electron chi connectivity index (χ4n) is 3.19. The van der Waals surface area contributed by atoms with Gasteiger partial charge in [0.25, 0.3) is 0 Å². The highest BCUT2D eigenvalue weighted by Crippen LogP contribution is 2.27. The first-order valence-corrected chi connectivity index (χ1v) is 8.91. The average molecular weight is 359 g/mol. The van der Waals surface area contributed by atoms with Gasteiger partial charge in [-0.2, -0.15) is 0 Å². The molecule has 0 bridgehead atoms. The molecular weight excluding hydrogens is 338 g/mol. The fraction of sp³-hybridized carbons (Fsp3) is 0.238. The summed E-state index contributed by atoms with van der Waals surface area (Å²) in [7, 11) is 0. The first-order chi connectivity index (χ1) is 13.0. The van der Waals surface area contributed by atoms with E-state index in [-0.39, 0.29) is 5.91 Å². The molecule has 0 fully saturated rings. The maximum Gasteiger partial charge on any atom is 0.220 e. The van der Waals surface area contributed by atoms with Gasteiger partial charge in [-0.1, -0.05) is 6.08 Å². The molecule has 0 saturated heterocycles. The number of carbonyl (C=O) groups is 1. The average Bonchev–Trinajstić information content (AvgIpc) is 3.30. The number of nitrogens with zero attached hydrogens (tertiary/aromatic N) is 4. The summed E-state index contributed by atoms with van der Waals surface area (Å²) in [5, 5.41) is 0. The Morgan fingerprint density at radius 1 is 1.15 bits per heavy atom. The number of rotatable bonds is 3. The lowest BCUT2D eigenvalue weighted by atomic mass is 10.0. The van der Waals surface area contributed by atoms with Crippen molar-refractivity contribution >= 4 is 11.5 Å². The van der Waals surface area contributed by atoms with Crippen LogP contribution < -0.4 is 0 Å². The Morgan fingerprint density at radius 3 is 2.67 bits per heavy atom. The van der Waals surface area contributed by atoms with E-state index in [1.807, 2.05) is 43.3 Å². The predicted octanol–water partition coefficient (Wildman–Crippen LogP) is 3.40. The zero-order valence-corrected chi connectivity index (χ0v) is 15.7. The number of pyridine rings is 2. The fourth-order valence-corrected chi connectivity index (χ4v) is 3.19. The lowest BCUT2D eigenvalue weighted by Gasteiger charge is -2.13. The molecule has 3 aromatic heterocycles. The zero-order valence-electron chi connectivity index (χ0n) is 15.7. The molecule has 27 heavy (non-hydrogen) atoms. The monoisotopic (exact) mass is 359 g/mol. The highest BCUT2D eigenvalue weighted by atomic mass is 16.2. The molecular formula is C21H21N5O. The van der Waals surface area contributed by atoms with Crippen molar-refractivity contribution in [3.8, 4) is 22.6 Å². The molecule has 0 aliphatic carbocycles. The first kappa shape index (κ1) is 17.1. The van der Waals surface area contributed by atoms with Crippen LogP contribution >= 0.6 is 0 Å². The highest BCUT2D eigenvalue weighted by molar-refractivity contribution is 5.81. The standard InChI is InChI=1S/C21H21N5O/c1-13-14(2)25-21(24-13)20-9-16(4-6-23-20)18-8-19(11-22-10-18)17-5-7-26(12-17)15(3)27/h4-6,8-11H,7,12H2,1-3H3,(H,24,25). The molecule has 136 valence electrons. The Bertz CT molecular complexity index is 1030. The van der Waals surface area contributed by atoms with Crippen LogP contribution in [0.4, 0.5) is 0 Å². The number of hydrogen-bond acceptors (Lipinski definition) is 4. The van der Waals surface area contributed by atoms with Crippen LogP contribution in [0.25, 0.3) is 28.2 Å². The number of aromatic amines is 1. The third-order valence-corrected chi connectivity index (χ3v) is 4.94. The summed E-state index contributed by atoms with van der Waals surface area (Å²) in [6, 6.07) is 6.10. The van der Waals surface area contributed by atoms with Crippen LogP contribution in [0.15, 0.2) is 42.9 Å². The smallest absolute Gasteiger partial charge is 0.220 e. The van der Waals surface area contributed by atoms with Crippen molar-refractivity contribution in [3.05, 3.63) is 59.8 Å². The molecule has 1 aliphatic rings. The summed E-state index contributed by atoms with van der Waals surface area (Å²) in [6.07, 6.45) is 7.57. The third-order valence-electron chi connectivity index (χ3n) is 4.94. The van der Waals surface area contributed by atoms with E-state index in [9.17, 15) is 4.79 Å². The van der Waals surface area contributed by atoms with Crippen LogP contribution in [-0.2, 0) is 4.79 Å². The van der Waals surface area contributed by atoms with Gasteiger partial charge in [0.05, 0.1) is 5.69 Å². The number of imidazole rings is 1. The maximum atomic E-state index is 11.6. The number of aryl methyl sites for hydroxylation is 2. The molecule has 1 amide bonds. The third kappa shape index (κ3) is 3.38. The minimum atomic E-state index is 0.0909. The second-order valence-electron chi connectivity index (χ2n) is 6.82. The molecule has 4 heterocycles. The Kier molecular flexibility index (Phi) is 4.32. The number of nitrogens with one attached hydrogen (secondary N) is 1. The first-order valence-electron chi connectivity index (χ1n) is 8.91. The van der Waals surface area contributed by atoms with Crippen LogP contribution in [0.3, 0.4) is 0 Å². The summed E-state index contributed by atoms with van der Waals surface area (Å²) in [6.45, 7) is 6.87. The minimum absolute atomic E-state index is 0.0909. The van der Waals surface area contributed by atoms with Crippen LogP contribution in [0.5, 0.6) is 0 Å². The van der Waals surface area contributed by atoms with E-state index >= 15 is 0 Å². The van der Waals surface area contributed by atoms with Gasteiger partial charge in [-0.15, -0.1) is 0 Å². The van der Waals surface area contributed by atoms with Crippen molar-refractivity contribution in [2.24, 2.45) is 0 Å². The molecule has 0 atom stereocenters. The quantitative estimate of drug-likeness (QED) is 0.778. The largest absolute Gasteiger partial charge is 0.341 e. The van der Waals surface area contributed by atoms with Gasteiger partial charge in [0, 0.05) is 49.9 Å². The highest BCUT2D eigenvalue weighted by Gasteiger charge is 2.18. The molecule has 3 aromatic rings. The summed E-state index contributed by atoms with van der Waals surface area (Å²) in [4.78, 5) is 30.1. The van der Waals surface area contributed by atoms with Gasteiger partial charge < -0.3 is 9.88 Å². The molecule has 0 aromatic carbocycles. The van der Waals surface area contributed by atoms with Crippen molar-refractivity contribution in [3.63, 3.8) is 0 Å². The molecule has 0 radical (unpaired) electrons. The predicted molar refractivity (Wildman–Crippen MR) is 105 cm³/mol. The summed E-state index contributed by atoms with van der Waals surface area (Å²) >= 11 is 0. The Labute approximate surface area is 158 Å². The molecule has 6 nitrogen and oxygen atoms in total. The van der Waals surface area contributed by atoms with Crippen molar-refractivity contribution in [1.82, 2.24) is 24.8 Å². The van der Waals surface area contributed by atoms with E-state index in [0.29, 0.717) is 13.1 Å². The minimum Gasteiger partial charge on any atom is -0.341 e. The molecule has 4 rings (SSSR count). The van der Waals surface area contributed by atoms with Crippen molar-refractivity contribution in [1.29, 1.82) is 0 Å². The number of carbonyl (C=O) groups excluding carboxylic acids is 1. The van der Waals surface area contributed by atoms with Gasteiger partial charge in [-0.3, -0.25) is 14.8 Å². The topological polar surface area (TPSA) is 74.8 Å². The summed E-state index contributed by atoms with van der Waals surface area (Å²) in [5.41, 5.74) is 7.04. The van der Waals surface area contributed by atoms with E-state index in [2.05, 4.69) is 32.1 Å². The second kappa shape index (κ2) is 6.79. The van der Waals surface area contributed by atoms with E-state index in [4.69, 9.17) is 0 Å². The van der Waals surface area contributed by atoms with E-state index < -0.39 is 0 Å². The van der Waals surface area contributed by atoms with Gasteiger partial charge in [0.1, 0.15) is 5.69 Å². The Morgan fingerprint density at radius 2 is 1.96 bits per heavy atom. The van der Waals surface area contributed by atoms with Crippen LogP contribution in [0.1, 0.15) is 23.9 Å². The van der Waals surface area contributed by atoms with Crippen LogP contribution in [0, 0.1) is 13.8 Å². The van der Waals surface area contributed by atoms with Gasteiger partial charge in [0.2, 0.25) is 5.91 Å². The Hall–Kier alpha value is -3.28. The summed E-state index contributed by atoms with van der Waals surface area (Å²) < 4.78 is 0.